The van der Waals surface area contributed by atoms with Crippen LogP contribution in [0.2, 0.25) is 0 Å². The summed E-state index contributed by atoms with van der Waals surface area (Å²) in [5, 5.41) is 6.98. The van der Waals surface area contributed by atoms with Crippen molar-refractivity contribution >= 4 is 15.7 Å². The Labute approximate surface area is 123 Å². The number of rotatable bonds is 6. The minimum absolute atomic E-state index is 0.0845. The number of hydrogen-bond acceptors (Lipinski definition) is 5. The van der Waals surface area contributed by atoms with Crippen LogP contribution >= 0.6 is 0 Å². The SMILES string of the molecule is Cc1cc(CNc2ccccc2S(=O)(=O)NC2CC2)no1. The lowest BCUT2D eigenvalue weighted by Crippen LogP contribution is -2.26. The van der Waals surface area contributed by atoms with Gasteiger partial charge in [0.1, 0.15) is 16.3 Å². The van der Waals surface area contributed by atoms with E-state index in [1.807, 2.05) is 13.0 Å². The van der Waals surface area contributed by atoms with Gasteiger partial charge in [-0.05, 0) is 31.9 Å². The van der Waals surface area contributed by atoms with Gasteiger partial charge in [0.2, 0.25) is 10.0 Å². The zero-order valence-electron chi connectivity index (χ0n) is 11.7. The molecule has 1 aliphatic rings. The highest BCUT2D eigenvalue weighted by Crippen LogP contribution is 2.26. The Kier molecular flexibility index (Phi) is 3.69. The molecule has 0 aliphatic heterocycles. The van der Waals surface area contributed by atoms with Gasteiger partial charge >= 0.3 is 0 Å². The molecule has 6 nitrogen and oxygen atoms in total. The van der Waals surface area contributed by atoms with Gasteiger partial charge in [-0.25, -0.2) is 13.1 Å². The molecule has 3 rings (SSSR count). The minimum atomic E-state index is -3.48. The van der Waals surface area contributed by atoms with Crippen LogP contribution in [0.25, 0.3) is 0 Å². The first kappa shape index (κ1) is 14.1. The van der Waals surface area contributed by atoms with Crippen molar-refractivity contribution in [3.63, 3.8) is 0 Å². The molecule has 0 unspecified atom stereocenters. The van der Waals surface area contributed by atoms with Crippen molar-refractivity contribution in [2.24, 2.45) is 0 Å². The number of nitrogens with one attached hydrogen (secondary N) is 2. The van der Waals surface area contributed by atoms with Gasteiger partial charge in [0.05, 0.1) is 12.2 Å². The Bertz CT molecular complexity index is 735. The molecule has 0 atom stereocenters. The molecule has 112 valence electrons. The number of hydrogen-bond donors (Lipinski definition) is 2. The summed E-state index contributed by atoms with van der Waals surface area (Å²) in [4.78, 5) is 0.261. The van der Waals surface area contributed by atoms with Gasteiger partial charge < -0.3 is 9.84 Å². The molecule has 1 aliphatic carbocycles. The molecule has 21 heavy (non-hydrogen) atoms. The maximum Gasteiger partial charge on any atom is 0.242 e. The van der Waals surface area contributed by atoms with Crippen molar-refractivity contribution in [2.75, 3.05) is 5.32 Å². The molecule has 0 amide bonds. The van der Waals surface area contributed by atoms with Gasteiger partial charge in [-0.1, -0.05) is 17.3 Å². The largest absolute Gasteiger partial charge is 0.378 e. The minimum Gasteiger partial charge on any atom is -0.378 e. The summed E-state index contributed by atoms with van der Waals surface area (Å²) in [7, 11) is -3.48. The summed E-state index contributed by atoms with van der Waals surface area (Å²) in [5.74, 6) is 0.725. The smallest absolute Gasteiger partial charge is 0.242 e. The number of anilines is 1. The van der Waals surface area contributed by atoms with Crippen molar-refractivity contribution in [3.05, 3.63) is 41.8 Å². The van der Waals surface area contributed by atoms with Crippen molar-refractivity contribution in [1.82, 2.24) is 9.88 Å². The molecule has 2 aromatic rings. The number of para-hydroxylation sites is 1. The summed E-state index contributed by atoms with van der Waals surface area (Å²) >= 11 is 0. The zero-order valence-corrected chi connectivity index (χ0v) is 12.5. The zero-order chi connectivity index (χ0) is 14.9. The number of aromatic nitrogens is 1. The average molecular weight is 307 g/mol. The summed E-state index contributed by atoms with van der Waals surface area (Å²) < 4.78 is 32.3. The van der Waals surface area contributed by atoms with Crippen LogP contribution < -0.4 is 10.0 Å². The molecule has 1 heterocycles. The van der Waals surface area contributed by atoms with E-state index in [-0.39, 0.29) is 10.9 Å². The molecule has 0 bridgehead atoms. The van der Waals surface area contributed by atoms with Crippen molar-refractivity contribution in [3.8, 4) is 0 Å². The Hall–Kier alpha value is -1.86. The number of sulfonamides is 1. The Morgan fingerprint density at radius 2 is 2.10 bits per heavy atom. The summed E-state index contributed by atoms with van der Waals surface area (Å²) in [6.45, 7) is 2.22. The van der Waals surface area contributed by atoms with Crippen LogP contribution in [0.5, 0.6) is 0 Å². The second kappa shape index (κ2) is 5.50. The fourth-order valence-corrected chi connectivity index (χ4v) is 3.51. The van der Waals surface area contributed by atoms with Crippen LogP contribution in [0.15, 0.2) is 39.8 Å². The van der Waals surface area contributed by atoms with Gasteiger partial charge in [-0.15, -0.1) is 0 Å². The van der Waals surface area contributed by atoms with Gasteiger partial charge in [0, 0.05) is 12.1 Å². The van der Waals surface area contributed by atoms with E-state index >= 15 is 0 Å². The van der Waals surface area contributed by atoms with E-state index in [1.165, 1.54) is 0 Å². The van der Waals surface area contributed by atoms with E-state index in [4.69, 9.17) is 4.52 Å². The standard InChI is InChI=1S/C14H17N3O3S/c1-10-8-12(16-20-10)9-15-13-4-2-3-5-14(13)21(18,19)17-11-6-7-11/h2-5,8,11,15,17H,6-7,9H2,1H3. The maximum atomic E-state index is 12.3. The maximum absolute atomic E-state index is 12.3. The summed E-state index contributed by atoms with van der Waals surface area (Å²) in [6, 6.07) is 8.75. The van der Waals surface area contributed by atoms with Crippen LogP contribution in [0.3, 0.4) is 0 Å². The predicted molar refractivity (Wildman–Crippen MR) is 78.4 cm³/mol. The van der Waals surface area contributed by atoms with Crippen LogP contribution in [-0.4, -0.2) is 19.6 Å². The van der Waals surface area contributed by atoms with Crippen LogP contribution in [0.4, 0.5) is 5.69 Å². The third-order valence-electron chi connectivity index (χ3n) is 3.21. The van der Waals surface area contributed by atoms with Crippen LogP contribution in [-0.2, 0) is 16.6 Å². The number of nitrogens with zero attached hydrogens (tertiary/aromatic N) is 1. The molecule has 0 saturated heterocycles. The first-order valence-corrected chi connectivity index (χ1v) is 8.30. The molecule has 0 spiro atoms. The molecule has 1 saturated carbocycles. The Morgan fingerprint density at radius 3 is 2.76 bits per heavy atom. The molecule has 1 fully saturated rings. The third kappa shape index (κ3) is 3.43. The van der Waals surface area contributed by atoms with E-state index in [1.54, 1.807) is 24.3 Å². The summed E-state index contributed by atoms with van der Waals surface area (Å²) in [5.41, 5.74) is 1.29. The second-order valence-corrected chi connectivity index (χ2v) is 6.86. The van der Waals surface area contributed by atoms with Gasteiger partial charge in [0.25, 0.3) is 0 Å². The lowest BCUT2D eigenvalue weighted by atomic mass is 10.3. The van der Waals surface area contributed by atoms with E-state index in [9.17, 15) is 8.42 Å². The lowest BCUT2D eigenvalue weighted by molar-refractivity contribution is 0.391. The molecule has 1 aromatic heterocycles. The van der Waals surface area contributed by atoms with Gasteiger partial charge in [0.15, 0.2) is 0 Å². The Balaban J connectivity index is 1.78. The lowest BCUT2D eigenvalue weighted by Gasteiger charge is -2.12. The highest BCUT2D eigenvalue weighted by molar-refractivity contribution is 7.89. The normalized spacial score (nSPS) is 15.1. The molecule has 1 aromatic carbocycles. The highest BCUT2D eigenvalue weighted by Gasteiger charge is 2.29. The topological polar surface area (TPSA) is 84.2 Å². The van der Waals surface area contributed by atoms with Gasteiger partial charge in [-0.3, -0.25) is 0 Å². The molecular weight excluding hydrogens is 290 g/mol. The molecular formula is C14H17N3O3S. The van der Waals surface area contributed by atoms with E-state index in [0.717, 1.165) is 24.3 Å². The molecule has 2 N–H and O–H groups in total. The van der Waals surface area contributed by atoms with E-state index in [2.05, 4.69) is 15.2 Å². The molecule has 0 radical (unpaired) electrons. The van der Waals surface area contributed by atoms with Crippen LogP contribution in [0.1, 0.15) is 24.3 Å². The van der Waals surface area contributed by atoms with Crippen molar-refractivity contribution in [1.29, 1.82) is 0 Å². The van der Waals surface area contributed by atoms with Crippen LogP contribution in [0, 0.1) is 6.92 Å². The van der Waals surface area contributed by atoms with E-state index < -0.39 is 10.0 Å². The van der Waals surface area contributed by atoms with E-state index in [0.29, 0.717) is 12.2 Å². The second-order valence-electron chi connectivity index (χ2n) is 5.17. The first-order valence-electron chi connectivity index (χ1n) is 6.82. The monoisotopic (exact) mass is 307 g/mol. The van der Waals surface area contributed by atoms with Crippen molar-refractivity contribution in [2.45, 2.75) is 37.2 Å². The fourth-order valence-electron chi connectivity index (χ4n) is 2.02. The fraction of sp³-hybridized carbons (Fsp3) is 0.357. The summed E-state index contributed by atoms with van der Waals surface area (Å²) in [6.07, 6.45) is 1.82. The Morgan fingerprint density at radius 1 is 1.33 bits per heavy atom. The number of benzene rings is 1. The molecule has 7 heteroatoms. The van der Waals surface area contributed by atoms with Crippen molar-refractivity contribution < 1.29 is 12.9 Å². The first-order chi connectivity index (χ1) is 10.0. The predicted octanol–water partition coefficient (Wildman–Crippen LogP) is 2.04. The third-order valence-corrected chi connectivity index (χ3v) is 4.79. The highest BCUT2D eigenvalue weighted by atomic mass is 32.2. The quantitative estimate of drug-likeness (QED) is 0.853. The number of aryl methyl sites for hydroxylation is 1. The average Bonchev–Trinajstić information content (AvgIpc) is 3.15. The van der Waals surface area contributed by atoms with Gasteiger partial charge in [-0.2, -0.15) is 0 Å².